The Morgan fingerprint density at radius 2 is 1.14 bits per heavy atom. The zero-order valence-corrected chi connectivity index (χ0v) is 30.8. The molecule has 16 heteroatoms. The van der Waals surface area contributed by atoms with Gasteiger partial charge in [0.15, 0.2) is 17.4 Å². The van der Waals surface area contributed by atoms with E-state index in [1.165, 1.54) is 31.7 Å². The van der Waals surface area contributed by atoms with Crippen LogP contribution in [0.5, 0.6) is 0 Å². The second-order valence-corrected chi connectivity index (χ2v) is 19.2. The van der Waals surface area contributed by atoms with Gasteiger partial charge in [-0.05, 0) is 38.7 Å². The van der Waals surface area contributed by atoms with E-state index < -0.39 is 53.3 Å². The fourth-order valence-electron chi connectivity index (χ4n) is 1.11. The molecular formula is C19H51ClO9Si6. The standard InChI is InChI=1S/C8H20OSi.C5H10.C3H10OSi.C2H7ClSi.CH4O.3O2Si/c1-5-6-7-8-10(3,4)9-2;1-3-5-4-2;1-4-5(2)3;1-4(2)3;1-2;3*1-3-2/h5-8H2,1-4H3;3H,1,4-5H2,2H3;5H,1-3H3;4H,1-2H3;2H,1H3;;;. The summed E-state index contributed by atoms with van der Waals surface area (Å²) in [5.41, 5.74) is 0. The second kappa shape index (κ2) is 64.3. The van der Waals surface area contributed by atoms with E-state index in [0.717, 1.165) is 13.5 Å². The number of aliphatic hydroxyl groups excluding tert-OH is 1. The van der Waals surface area contributed by atoms with Crippen LogP contribution in [0.2, 0.25) is 45.3 Å². The van der Waals surface area contributed by atoms with Gasteiger partial charge in [-0.3, -0.25) is 26.8 Å². The normalized spacial score (nSPS) is 7.74. The highest BCUT2D eigenvalue weighted by Gasteiger charge is 2.18. The van der Waals surface area contributed by atoms with Gasteiger partial charge in [0.05, 0.1) is 0 Å². The van der Waals surface area contributed by atoms with Crippen molar-refractivity contribution in [3.8, 4) is 0 Å². The number of aliphatic hydroxyl groups is 1. The van der Waals surface area contributed by atoms with Crippen molar-refractivity contribution in [1.29, 1.82) is 0 Å². The van der Waals surface area contributed by atoms with E-state index in [0.29, 0.717) is 0 Å². The van der Waals surface area contributed by atoms with Crippen molar-refractivity contribution < 1.29 is 40.7 Å². The molecular weight excluding hydrogens is 576 g/mol. The Morgan fingerprint density at radius 3 is 1.26 bits per heavy atom. The molecule has 0 fully saturated rings. The monoisotopic (exact) mass is 626 g/mol. The quantitative estimate of drug-likeness (QED) is 0.177. The first-order valence-electron chi connectivity index (χ1n) is 11.0. The molecule has 1 N–H and O–H groups in total. The first-order chi connectivity index (χ1) is 16.3. The lowest BCUT2D eigenvalue weighted by molar-refractivity contribution is 0.399. The minimum absolute atomic E-state index is 0.650. The summed E-state index contributed by atoms with van der Waals surface area (Å²) in [6, 6.07) is 1.32. The molecule has 0 rings (SSSR count). The molecule has 0 aliphatic carbocycles. The van der Waals surface area contributed by atoms with Crippen molar-refractivity contribution in [1.82, 2.24) is 0 Å². The molecule has 0 amide bonds. The molecule has 0 bridgehead atoms. The summed E-state index contributed by atoms with van der Waals surface area (Å²) in [6.45, 7) is 20.9. The minimum atomic E-state index is -1.42. The van der Waals surface area contributed by atoms with E-state index in [-0.39, 0.29) is 0 Å². The zero-order valence-electron chi connectivity index (χ0n) is 23.8. The molecule has 0 aromatic heterocycles. The summed E-state index contributed by atoms with van der Waals surface area (Å²) in [4.78, 5) is 0. The van der Waals surface area contributed by atoms with Crippen molar-refractivity contribution in [3.05, 3.63) is 12.7 Å². The van der Waals surface area contributed by atoms with E-state index in [9.17, 15) is 0 Å². The highest BCUT2D eigenvalue weighted by atomic mass is 35.6. The molecule has 0 atom stereocenters. The Balaban J connectivity index is -0.0000000424. The molecule has 0 saturated heterocycles. The molecule has 0 aromatic carbocycles. The van der Waals surface area contributed by atoms with Gasteiger partial charge in [0.1, 0.15) is 8.11 Å². The van der Waals surface area contributed by atoms with E-state index in [1.807, 2.05) is 13.2 Å². The van der Waals surface area contributed by atoms with E-state index in [1.54, 1.807) is 7.11 Å². The first-order valence-corrected chi connectivity index (χ1v) is 23.4. The molecule has 9 nitrogen and oxygen atoms in total. The smallest absolute Gasteiger partial charge is 0.424 e. The summed E-state index contributed by atoms with van der Waals surface area (Å²) >= 11 is 5.41. The first kappa shape index (κ1) is 55.5. The van der Waals surface area contributed by atoms with Gasteiger partial charge in [-0.15, -0.1) is 6.58 Å². The average Bonchev–Trinajstić information content (AvgIpc) is 2.78. The molecule has 0 aromatic rings. The molecule has 0 heterocycles. The minimum Gasteiger partial charge on any atom is -0.424 e. The molecule has 0 unspecified atom stereocenters. The molecule has 0 radical (unpaired) electrons. The van der Waals surface area contributed by atoms with Crippen LogP contribution in [-0.4, -0.2) is 79.8 Å². The van der Waals surface area contributed by atoms with Crippen LogP contribution in [0.3, 0.4) is 0 Å². The molecule has 0 spiro atoms. The van der Waals surface area contributed by atoms with E-state index in [2.05, 4.69) is 59.7 Å². The third-order valence-electron chi connectivity index (χ3n) is 2.90. The second-order valence-electron chi connectivity index (χ2n) is 7.05. The van der Waals surface area contributed by atoms with Crippen molar-refractivity contribution in [3.63, 3.8) is 0 Å². The van der Waals surface area contributed by atoms with E-state index >= 15 is 0 Å². The summed E-state index contributed by atoms with van der Waals surface area (Å²) in [5.74, 6) is 0. The van der Waals surface area contributed by atoms with Gasteiger partial charge >= 0.3 is 27.9 Å². The molecule has 0 saturated carbocycles. The number of halogens is 1. The van der Waals surface area contributed by atoms with Crippen molar-refractivity contribution in [2.75, 3.05) is 21.3 Å². The number of rotatable bonds is 8. The van der Waals surface area contributed by atoms with Gasteiger partial charge < -0.3 is 14.0 Å². The van der Waals surface area contributed by atoms with Gasteiger partial charge in [-0.25, -0.2) is 0 Å². The van der Waals surface area contributed by atoms with E-state index in [4.69, 9.17) is 51.8 Å². The van der Waals surface area contributed by atoms with Gasteiger partial charge in [0.2, 0.25) is 0 Å². The topological polar surface area (TPSA) is 141 Å². The maximum Gasteiger partial charge on any atom is 0.549 e. The van der Waals surface area contributed by atoms with Gasteiger partial charge in [0.25, 0.3) is 0 Å². The van der Waals surface area contributed by atoms with Crippen molar-refractivity contribution in [2.24, 2.45) is 0 Å². The summed E-state index contributed by atoms with van der Waals surface area (Å²) in [7, 11) is -2.17. The van der Waals surface area contributed by atoms with Crippen LogP contribution in [0.4, 0.5) is 0 Å². The predicted molar refractivity (Wildman–Crippen MR) is 154 cm³/mol. The fraction of sp³-hybridized carbons (Fsp3) is 0.895. The fourth-order valence-corrected chi connectivity index (χ4v) is 2.41. The summed E-state index contributed by atoms with van der Waals surface area (Å²) in [5, 5.41) is 7.00. The Kier molecular flexibility index (Phi) is 102. The maximum absolute atomic E-state index is 8.40. The van der Waals surface area contributed by atoms with Crippen LogP contribution in [-0.2, 0) is 35.6 Å². The van der Waals surface area contributed by atoms with Crippen LogP contribution in [0.1, 0.15) is 46.0 Å². The highest BCUT2D eigenvalue weighted by molar-refractivity contribution is 7.05. The number of allylic oxidation sites excluding steroid dienone is 1. The average molecular weight is 628 g/mol. The van der Waals surface area contributed by atoms with Crippen LogP contribution in [0, 0.1) is 0 Å². The Hall–Kier alpha value is 0.0113. The molecule has 35 heavy (non-hydrogen) atoms. The lowest BCUT2D eigenvalue weighted by atomic mass is 10.3. The lowest BCUT2D eigenvalue weighted by Crippen LogP contribution is -2.27. The van der Waals surface area contributed by atoms with Gasteiger partial charge in [-0.2, -0.15) is 11.1 Å². The number of hydrogen-bond donors (Lipinski definition) is 1. The lowest BCUT2D eigenvalue weighted by Gasteiger charge is -2.19. The van der Waals surface area contributed by atoms with Crippen LogP contribution < -0.4 is 0 Å². The largest absolute Gasteiger partial charge is 0.549 e. The predicted octanol–water partition coefficient (Wildman–Crippen LogP) is 4.58. The highest BCUT2D eigenvalue weighted by Crippen LogP contribution is 2.14. The SMILES string of the molecule is C=CCCC.CCCCC[Si](C)(C)OC.CO.CO[SiH](C)C.C[SiH](C)Cl.O=[Si]=O.O=[Si]=O.O=[Si]=O. The van der Waals surface area contributed by atoms with Gasteiger partial charge in [0, 0.05) is 21.3 Å². The number of hydrogen-bond acceptors (Lipinski definition) is 9. The van der Waals surface area contributed by atoms with Gasteiger partial charge in [-0.1, -0.05) is 58.7 Å². The summed E-state index contributed by atoms with van der Waals surface area (Å²) < 4.78 is 60.7. The van der Waals surface area contributed by atoms with Crippen molar-refractivity contribution >= 4 is 64.4 Å². The third kappa shape index (κ3) is 206. The summed E-state index contributed by atoms with van der Waals surface area (Å²) in [6.07, 6.45) is 8.33. The van der Waals surface area contributed by atoms with Crippen LogP contribution in [0.15, 0.2) is 12.7 Å². The molecule has 0 aliphatic heterocycles. The molecule has 212 valence electrons. The van der Waals surface area contributed by atoms with Crippen molar-refractivity contribution in [2.45, 2.75) is 91.3 Å². The third-order valence-corrected chi connectivity index (χ3v) is 6.50. The number of unbranched alkanes of at least 4 members (excludes halogenated alkanes) is 3. The molecule has 0 aliphatic rings. The zero-order chi connectivity index (χ0) is 30.1. The maximum atomic E-state index is 8.40. The Bertz CT molecular complexity index is 423. The van der Waals surface area contributed by atoms with Crippen LogP contribution >= 0.6 is 11.1 Å². The Labute approximate surface area is 229 Å². The van der Waals surface area contributed by atoms with Crippen LogP contribution in [0.25, 0.3) is 0 Å². The Morgan fingerprint density at radius 1 is 0.857 bits per heavy atom.